The largest absolute Gasteiger partial charge is 0.360 e. The van der Waals surface area contributed by atoms with E-state index in [-0.39, 0.29) is 0 Å². The van der Waals surface area contributed by atoms with Crippen LogP contribution in [0.4, 0.5) is 8.78 Å². The average Bonchev–Trinajstić information content (AvgIpc) is 2.74. The summed E-state index contributed by atoms with van der Waals surface area (Å²) in [5, 5.41) is 0. The third-order valence-corrected chi connectivity index (χ3v) is 2.59. The highest BCUT2D eigenvalue weighted by atomic mass is 19.1. The number of nitrogens with one attached hydrogen (secondary N) is 1. The minimum atomic E-state index is -0.591. The first-order chi connectivity index (χ1) is 8.22. The molecule has 0 atom stereocenters. The Morgan fingerprint density at radius 3 is 2.47 bits per heavy atom. The van der Waals surface area contributed by atoms with Crippen molar-refractivity contribution >= 4 is 11.0 Å². The summed E-state index contributed by atoms with van der Waals surface area (Å²) in [5.74, 6) is -1.18. The second kappa shape index (κ2) is 3.66. The highest BCUT2D eigenvalue weighted by Crippen LogP contribution is 2.23. The average molecular weight is 230 g/mol. The van der Waals surface area contributed by atoms with Gasteiger partial charge < -0.3 is 4.98 Å². The van der Waals surface area contributed by atoms with Crippen LogP contribution < -0.4 is 0 Å². The molecule has 0 aliphatic heterocycles. The van der Waals surface area contributed by atoms with Crippen molar-refractivity contribution in [2.45, 2.75) is 0 Å². The molecule has 2 heterocycles. The number of H-pyrrole nitrogens is 1. The maximum atomic E-state index is 13.1. The zero-order chi connectivity index (χ0) is 11.8. The van der Waals surface area contributed by atoms with E-state index in [9.17, 15) is 8.78 Å². The van der Waals surface area contributed by atoms with Crippen LogP contribution in [0.3, 0.4) is 0 Å². The quantitative estimate of drug-likeness (QED) is 0.680. The Balaban J connectivity index is 2.19. The summed E-state index contributed by atoms with van der Waals surface area (Å²) in [7, 11) is 0. The second-order valence-electron chi connectivity index (χ2n) is 3.79. The van der Waals surface area contributed by atoms with Gasteiger partial charge in [-0.15, -0.1) is 0 Å². The molecule has 0 saturated carbocycles. The van der Waals surface area contributed by atoms with Gasteiger partial charge in [-0.3, -0.25) is 4.98 Å². The van der Waals surface area contributed by atoms with E-state index in [1.54, 1.807) is 12.4 Å². The van der Waals surface area contributed by atoms with Crippen molar-refractivity contribution < 1.29 is 8.78 Å². The molecule has 0 aliphatic carbocycles. The number of nitrogens with zero attached hydrogens (tertiary/aromatic N) is 1. The molecule has 84 valence electrons. The summed E-state index contributed by atoms with van der Waals surface area (Å²) in [5.41, 5.74) is 2.82. The molecule has 0 saturated heterocycles. The van der Waals surface area contributed by atoms with Crippen molar-refractivity contribution in [1.29, 1.82) is 0 Å². The molecule has 0 aliphatic rings. The Morgan fingerprint density at radius 2 is 1.71 bits per heavy atom. The molecule has 0 bridgehead atoms. The number of halogens is 2. The standard InChI is InChI=1S/C13H8F2N2/c14-10-3-8(4-11(15)6-10)9-5-13-12(17-7-9)1-2-16-13/h1-7,16H. The van der Waals surface area contributed by atoms with Gasteiger partial charge in [0.15, 0.2) is 0 Å². The van der Waals surface area contributed by atoms with E-state index in [4.69, 9.17) is 0 Å². The first-order valence-electron chi connectivity index (χ1n) is 5.12. The molecular weight excluding hydrogens is 222 g/mol. The van der Waals surface area contributed by atoms with Crippen LogP contribution in [0.2, 0.25) is 0 Å². The fourth-order valence-corrected chi connectivity index (χ4v) is 1.81. The molecule has 0 radical (unpaired) electrons. The van der Waals surface area contributed by atoms with Gasteiger partial charge in [0.1, 0.15) is 11.6 Å². The van der Waals surface area contributed by atoms with E-state index in [0.29, 0.717) is 11.1 Å². The van der Waals surface area contributed by atoms with Gasteiger partial charge in [-0.2, -0.15) is 0 Å². The van der Waals surface area contributed by atoms with Crippen LogP contribution in [0.25, 0.3) is 22.2 Å². The molecule has 2 aromatic heterocycles. The lowest BCUT2D eigenvalue weighted by atomic mass is 10.1. The predicted molar refractivity (Wildman–Crippen MR) is 61.4 cm³/mol. The first-order valence-corrected chi connectivity index (χ1v) is 5.12. The van der Waals surface area contributed by atoms with Crippen molar-refractivity contribution in [1.82, 2.24) is 9.97 Å². The van der Waals surface area contributed by atoms with Gasteiger partial charge in [0.05, 0.1) is 11.0 Å². The SMILES string of the molecule is Fc1cc(F)cc(-c2cnc3cc[nH]c3c2)c1. The van der Waals surface area contributed by atoms with Gasteiger partial charge in [-0.25, -0.2) is 8.78 Å². The van der Waals surface area contributed by atoms with E-state index >= 15 is 0 Å². The maximum Gasteiger partial charge on any atom is 0.126 e. The van der Waals surface area contributed by atoms with Crippen molar-refractivity contribution in [3.05, 3.63) is 54.4 Å². The molecule has 17 heavy (non-hydrogen) atoms. The molecule has 0 spiro atoms. The predicted octanol–water partition coefficient (Wildman–Crippen LogP) is 3.51. The number of aromatic nitrogens is 2. The van der Waals surface area contributed by atoms with Crippen LogP contribution in [0, 0.1) is 11.6 Å². The fraction of sp³-hybridized carbons (Fsp3) is 0. The zero-order valence-electron chi connectivity index (χ0n) is 8.74. The van der Waals surface area contributed by atoms with Crippen molar-refractivity contribution in [3.8, 4) is 11.1 Å². The Hall–Kier alpha value is -2.23. The molecule has 0 unspecified atom stereocenters. The number of rotatable bonds is 1. The lowest BCUT2D eigenvalue weighted by Crippen LogP contribution is -1.85. The normalized spacial score (nSPS) is 10.9. The summed E-state index contributed by atoms with van der Waals surface area (Å²) >= 11 is 0. The Kier molecular flexibility index (Phi) is 2.14. The molecule has 1 aromatic carbocycles. The molecule has 3 aromatic rings. The molecule has 0 amide bonds. The number of benzene rings is 1. The van der Waals surface area contributed by atoms with E-state index in [1.165, 1.54) is 12.1 Å². The van der Waals surface area contributed by atoms with Gasteiger partial charge in [-0.05, 0) is 29.8 Å². The van der Waals surface area contributed by atoms with Crippen LogP contribution in [0.15, 0.2) is 42.7 Å². The molecule has 0 fully saturated rings. The molecule has 2 nitrogen and oxygen atoms in total. The first kappa shape index (κ1) is 9.96. The van der Waals surface area contributed by atoms with E-state index in [2.05, 4.69) is 9.97 Å². The summed E-state index contributed by atoms with van der Waals surface area (Å²) < 4.78 is 26.2. The fourth-order valence-electron chi connectivity index (χ4n) is 1.81. The summed E-state index contributed by atoms with van der Waals surface area (Å²) in [6.07, 6.45) is 3.37. The van der Waals surface area contributed by atoms with Gasteiger partial charge in [-0.1, -0.05) is 0 Å². The Bertz CT molecular complexity index is 668. The summed E-state index contributed by atoms with van der Waals surface area (Å²) in [6.45, 7) is 0. The minimum absolute atomic E-state index is 0.478. The van der Waals surface area contributed by atoms with Crippen LogP contribution in [0.1, 0.15) is 0 Å². The third-order valence-electron chi connectivity index (χ3n) is 2.59. The van der Waals surface area contributed by atoms with E-state index in [1.807, 2.05) is 12.1 Å². The molecule has 1 N–H and O–H groups in total. The highest BCUT2D eigenvalue weighted by Gasteiger charge is 2.05. The summed E-state index contributed by atoms with van der Waals surface area (Å²) in [4.78, 5) is 7.21. The van der Waals surface area contributed by atoms with Crippen LogP contribution in [-0.4, -0.2) is 9.97 Å². The Morgan fingerprint density at radius 1 is 0.941 bits per heavy atom. The third kappa shape index (κ3) is 1.78. The number of hydrogen-bond donors (Lipinski definition) is 1. The van der Waals surface area contributed by atoms with E-state index < -0.39 is 11.6 Å². The second-order valence-corrected chi connectivity index (χ2v) is 3.79. The molecule has 4 heteroatoms. The molecular formula is C13H8F2N2. The molecule has 3 rings (SSSR count). The van der Waals surface area contributed by atoms with Crippen molar-refractivity contribution in [2.24, 2.45) is 0 Å². The zero-order valence-corrected chi connectivity index (χ0v) is 8.74. The number of hydrogen-bond acceptors (Lipinski definition) is 1. The number of fused-ring (bicyclic) bond motifs is 1. The lowest BCUT2D eigenvalue weighted by Gasteiger charge is -2.02. The minimum Gasteiger partial charge on any atom is -0.360 e. The van der Waals surface area contributed by atoms with Crippen LogP contribution in [0.5, 0.6) is 0 Å². The summed E-state index contributed by atoms with van der Waals surface area (Å²) in [6, 6.07) is 7.08. The highest BCUT2D eigenvalue weighted by molar-refractivity contribution is 5.80. The van der Waals surface area contributed by atoms with Gasteiger partial charge >= 0.3 is 0 Å². The van der Waals surface area contributed by atoms with Crippen LogP contribution in [-0.2, 0) is 0 Å². The van der Waals surface area contributed by atoms with Gasteiger partial charge in [0, 0.05) is 24.0 Å². The number of aromatic amines is 1. The maximum absolute atomic E-state index is 13.1. The number of pyridine rings is 1. The van der Waals surface area contributed by atoms with Crippen molar-refractivity contribution in [2.75, 3.05) is 0 Å². The monoisotopic (exact) mass is 230 g/mol. The lowest BCUT2D eigenvalue weighted by molar-refractivity contribution is 0.584. The van der Waals surface area contributed by atoms with Crippen molar-refractivity contribution in [3.63, 3.8) is 0 Å². The van der Waals surface area contributed by atoms with Gasteiger partial charge in [0.25, 0.3) is 0 Å². The Labute approximate surface area is 95.9 Å². The van der Waals surface area contributed by atoms with Gasteiger partial charge in [0.2, 0.25) is 0 Å². The van der Waals surface area contributed by atoms with E-state index in [0.717, 1.165) is 17.1 Å². The smallest absolute Gasteiger partial charge is 0.126 e. The van der Waals surface area contributed by atoms with Crippen LogP contribution >= 0.6 is 0 Å². The topological polar surface area (TPSA) is 28.7 Å².